The van der Waals surface area contributed by atoms with Crippen molar-refractivity contribution in [2.24, 2.45) is 11.0 Å². The Labute approximate surface area is 118 Å². The first-order chi connectivity index (χ1) is 9.66. The largest absolute Gasteiger partial charge is 0.334 e. The monoisotopic (exact) mass is 273 g/mol. The number of piperidine rings is 1. The highest BCUT2D eigenvalue weighted by Crippen LogP contribution is 2.15. The summed E-state index contributed by atoms with van der Waals surface area (Å²) < 4.78 is 0. The maximum absolute atomic E-state index is 11.9. The molecule has 0 atom stereocenters. The molecule has 1 aliphatic rings. The average molecular weight is 273 g/mol. The van der Waals surface area contributed by atoms with Crippen LogP contribution in [0.5, 0.6) is 0 Å². The summed E-state index contributed by atoms with van der Waals surface area (Å²) in [5.41, 5.74) is 3.15. The van der Waals surface area contributed by atoms with E-state index in [-0.39, 0.29) is 0 Å². The van der Waals surface area contributed by atoms with E-state index in [0.29, 0.717) is 19.0 Å². The van der Waals surface area contributed by atoms with Gasteiger partial charge in [0.25, 0.3) is 0 Å². The number of nitrogens with zero attached hydrogens (tertiary/aromatic N) is 2. The second-order valence-corrected chi connectivity index (χ2v) is 5.08. The van der Waals surface area contributed by atoms with Crippen molar-refractivity contribution in [1.29, 1.82) is 0 Å². The van der Waals surface area contributed by atoms with Crippen molar-refractivity contribution in [2.45, 2.75) is 19.8 Å². The van der Waals surface area contributed by atoms with E-state index in [2.05, 4.69) is 17.5 Å². The number of carbonyl (C=O) groups excluding carboxylic acids is 2. The van der Waals surface area contributed by atoms with Crippen LogP contribution in [0, 0.1) is 5.92 Å². The lowest BCUT2D eigenvalue weighted by Gasteiger charge is -2.29. The number of hydrogen-bond acceptors (Lipinski definition) is 3. The molecule has 1 aromatic rings. The number of carbonyl (C=O) groups is 2. The number of hydrogen-bond donors (Lipinski definition) is 1. The van der Waals surface area contributed by atoms with Crippen LogP contribution in [0.1, 0.15) is 25.3 Å². The van der Waals surface area contributed by atoms with E-state index >= 15 is 0 Å². The average Bonchev–Trinajstić information content (AvgIpc) is 2.48. The molecule has 1 N–H and O–H groups in total. The van der Waals surface area contributed by atoms with Crippen molar-refractivity contribution >= 4 is 18.0 Å². The molecule has 1 fully saturated rings. The Kier molecular flexibility index (Phi) is 4.87. The third-order valence-electron chi connectivity index (χ3n) is 3.44. The van der Waals surface area contributed by atoms with Crippen molar-refractivity contribution in [2.75, 3.05) is 13.1 Å². The van der Waals surface area contributed by atoms with Crippen LogP contribution >= 0.6 is 0 Å². The van der Waals surface area contributed by atoms with Crippen LogP contribution < -0.4 is 5.43 Å². The summed E-state index contributed by atoms with van der Waals surface area (Å²) in [6, 6.07) is 9.39. The van der Waals surface area contributed by atoms with Gasteiger partial charge in [-0.2, -0.15) is 5.10 Å². The number of nitrogens with one attached hydrogen (secondary N) is 1. The summed E-state index contributed by atoms with van der Waals surface area (Å²) in [5.74, 6) is -0.549. The molecule has 0 spiro atoms. The van der Waals surface area contributed by atoms with Gasteiger partial charge < -0.3 is 4.90 Å². The number of amides is 2. The molecule has 1 aliphatic heterocycles. The number of likely N-dealkylation sites (tertiary alicyclic amines) is 1. The Morgan fingerprint density at radius 3 is 2.55 bits per heavy atom. The van der Waals surface area contributed by atoms with E-state index in [1.807, 2.05) is 30.3 Å². The van der Waals surface area contributed by atoms with E-state index in [0.717, 1.165) is 18.4 Å². The highest BCUT2D eigenvalue weighted by Gasteiger charge is 2.25. The van der Waals surface area contributed by atoms with Crippen LogP contribution in [-0.4, -0.2) is 36.0 Å². The SMILES string of the molecule is CC1CCN(C(=O)C(=O)N/N=C/c2ccccc2)CC1. The molecular formula is C15H19N3O2. The predicted molar refractivity (Wildman–Crippen MR) is 77.2 cm³/mol. The third kappa shape index (κ3) is 3.91. The quantitative estimate of drug-likeness (QED) is 0.503. The molecule has 1 heterocycles. The van der Waals surface area contributed by atoms with Gasteiger partial charge in [-0.25, -0.2) is 5.43 Å². The van der Waals surface area contributed by atoms with Gasteiger partial charge in [-0.15, -0.1) is 0 Å². The molecule has 0 unspecified atom stereocenters. The maximum atomic E-state index is 11.9. The zero-order valence-corrected chi connectivity index (χ0v) is 11.6. The lowest BCUT2D eigenvalue weighted by Crippen LogP contribution is -2.45. The Bertz CT molecular complexity index is 491. The summed E-state index contributed by atoms with van der Waals surface area (Å²) in [7, 11) is 0. The van der Waals surface area contributed by atoms with Gasteiger partial charge in [-0.05, 0) is 24.3 Å². The zero-order chi connectivity index (χ0) is 14.4. The Morgan fingerprint density at radius 1 is 1.25 bits per heavy atom. The van der Waals surface area contributed by atoms with Crippen LogP contribution in [0.4, 0.5) is 0 Å². The maximum Gasteiger partial charge on any atom is 0.329 e. The first-order valence-electron chi connectivity index (χ1n) is 6.84. The van der Waals surface area contributed by atoms with Gasteiger partial charge in [-0.1, -0.05) is 37.3 Å². The standard InChI is InChI=1S/C15H19N3O2/c1-12-7-9-18(10-8-12)15(20)14(19)17-16-11-13-5-3-2-4-6-13/h2-6,11-12H,7-10H2,1H3,(H,17,19)/b16-11+. The molecule has 5 heteroatoms. The van der Waals surface area contributed by atoms with Gasteiger partial charge in [-0.3, -0.25) is 9.59 Å². The molecule has 1 aromatic carbocycles. The number of rotatable bonds is 2. The van der Waals surface area contributed by atoms with Crippen LogP contribution in [0.3, 0.4) is 0 Å². The van der Waals surface area contributed by atoms with E-state index in [4.69, 9.17) is 0 Å². The summed E-state index contributed by atoms with van der Waals surface area (Å²) in [4.78, 5) is 25.2. The van der Waals surface area contributed by atoms with E-state index in [1.165, 1.54) is 6.21 Å². The molecular weight excluding hydrogens is 254 g/mol. The topological polar surface area (TPSA) is 61.8 Å². The number of benzene rings is 1. The second kappa shape index (κ2) is 6.84. The molecule has 106 valence electrons. The zero-order valence-electron chi connectivity index (χ0n) is 11.6. The summed E-state index contributed by atoms with van der Waals surface area (Å²) in [6.07, 6.45) is 3.42. The van der Waals surface area contributed by atoms with Gasteiger partial charge in [0.05, 0.1) is 6.21 Å². The molecule has 20 heavy (non-hydrogen) atoms. The molecule has 1 saturated heterocycles. The molecule has 0 aromatic heterocycles. The number of hydrazone groups is 1. The summed E-state index contributed by atoms with van der Waals surface area (Å²) in [6.45, 7) is 3.46. The molecule has 0 radical (unpaired) electrons. The second-order valence-electron chi connectivity index (χ2n) is 5.08. The first kappa shape index (κ1) is 14.2. The van der Waals surface area contributed by atoms with Gasteiger partial charge in [0.15, 0.2) is 0 Å². The molecule has 5 nitrogen and oxygen atoms in total. The minimum Gasteiger partial charge on any atom is -0.334 e. The fourth-order valence-electron chi connectivity index (χ4n) is 2.11. The van der Waals surface area contributed by atoms with E-state index in [1.54, 1.807) is 4.90 Å². The Hall–Kier alpha value is -2.17. The summed E-state index contributed by atoms with van der Waals surface area (Å²) in [5, 5.41) is 3.80. The van der Waals surface area contributed by atoms with E-state index < -0.39 is 11.8 Å². The molecule has 2 amide bonds. The molecule has 0 saturated carbocycles. The molecule has 0 bridgehead atoms. The Morgan fingerprint density at radius 2 is 1.90 bits per heavy atom. The fourth-order valence-corrected chi connectivity index (χ4v) is 2.11. The lowest BCUT2D eigenvalue weighted by molar-refractivity contribution is -0.146. The molecule has 0 aliphatic carbocycles. The fraction of sp³-hybridized carbons (Fsp3) is 0.400. The van der Waals surface area contributed by atoms with Crippen LogP contribution in [-0.2, 0) is 9.59 Å². The third-order valence-corrected chi connectivity index (χ3v) is 3.44. The molecule has 2 rings (SSSR count). The minimum atomic E-state index is -0.674. The van der Waals surface area contributed by atoms with Gasteiger partial charge in [0.2, 0.25) is 0 Å². The minimum absolute atomic E-state index is 0.498. The van der Waals surface area contributed by atoms with Gasteiger partial charge in [0, 0.05) is 13.1 Å². The highest BCUT2D eigenvalue weighted by atomic mass is 16.2. The van der Waals surface area contributed by atoms with Crippen molar-refractivity contribution in [1.82, 2.24) is 10.3 Å². The van der Waals surface area contributed by atoms with Crippen molar-refractivity contribution < 1.29 is 9.59 Å². The normalized spacial score (nSPS) is 16.4. The smallest absolute Gasteiger partial charge is 0.329 e. The lowest BCUT2D eigenvalue weighted by atomic mass is 9.99. The van der Waals surface area contributed by atoms with Crippen LogP contribution in [0.15, 0.2) is 35.4 Å². The Balaban J connectivity index is 1.82. The first-order valence-corrected chi connectivity index (χ1v) is 6.84. The van der Waals surface area contributed by atoms with Gasteiger partial charge in [0.1, 0.15) is 0 Å². The highest BCUT2D eigenvalue weighted by molar-refractivity contribution is 6.35. The van der Waals surface area contributed by atoms with Gasteiger partial charge >= 0.3 is 11.8 Å². The van der Waals surface area contributed by atoms with Crippen LogP contribution in [0.2, 0.25) is 0 Å². The van der Waals surface area contributed by atoms with Crippen LogP contribution in [0.25, 0.3) is 0 Å². The predicted octanol–water partition coefficient (Wildman–Crippen LogP) is 1.40. The van der Waals surface area contributed by atoms with Crippen molar-refractivity contribution in [3.05, 3.63) is 35.9 Å². The van der Waals surface area contributed by atoms with E-state index in [9.17, 15) is 9.59 Å². The summed E-state index contributed by atoms with van der Waals surface area (Å²) >= 11 is 0. The van der Waals surface area contributed by atoms with Crippen molar-refractivity contribution in [3.8, 4) is 0 Å². The van der Waals surface area contributed by atoms with Crippen molar-refractivity contribution in [3.63, 3.8) is 0 Å².